The molecule has 1 aromatic rings. The number of methoxy groups -OCH3 is 1. The number of ether oxygens (including phenoxy) is 1. The summed E-state index contributed by atoms with van der Waals surface area (Å²) in [6.07, 6.45) is 0. The molecule has 0 radical (unpaired) electrons. The molecule has 27 heavy (non-hydrogen) atoms. The Labute approximate surface area is 169 Å². The van der Waals surface area contributed by atoms with Crippen LogP contribution in [0.4, 0.5) is 0 Å². The summed E-state index contributed by atoms with van der Waals surface area (Å²) < 4.78 is 3.88. The number of benzene rings is 1. The van der Waals surface area contributed by atoms with Crippen molar-refractivity contribution in [1.82, 2.24) is 10.2 Å². The average Bonchev–Trinajstić information content (AvgIpc) is 2.86. The van der Waals surface area contributed by atoms with Gasteiger partial charge >= 0.3 is 5.97 Å². The Balaban J connectivity index is 2.06. The van der Waals surface area contributed by atoms with Gasteiger partial charge in [0, 0.05) is 4.75 Å². The maximum atomic E-state index is 12.8. The second-order valence-electron chi connectivity index (χ2n) is 6.82. The first-order valence-electron chi connectivity index (χ1n) is 7.95. The molecule has 3 atom stereocenters. The molecule has 0 aromatic heterocycles. The fraction of sp³-hybridized carbons (Fsp3) is 0.412. The third kappa shape index (κ3) is 2.81. The zero-order chi connectivity index (χ0) is 20.1. The Morgan fingerprint density at radius 2 is 1.78 bits per heavy atom. The van der Waals surface area contributed by atoms with Crippen molar-refractivity contribution in [2.24, 2.45) is 5.92 Å². The van der Waals surface area contributed by atoms with Crippen LogP contribution in [0.3, 0.4) is 0 Å². The summed E-state index contributed by atoms with van der Waals surface area (Å²) in [7, 11) is 7.96. The molecule has 1 aromatic carbocycles. The monoisotopic (exact) mass is 430 g/mol. The fourth-order valence-corrected chi connectivity index (χ4v) is 4.89. The van der Waals surface area contributed by atoms with Crippen LogP contribution in [-0.2, 0) is 14.3 Å². The van der Waals surface area contributed by atoms with Crippen LogP contribution in [0.25, 0.3) is 0 Å². The van der Waals surface area contributed by atoms with Crippen molar-refractivity contribution in [3.05, 3.63) is 35.4 Å². The predicted octanol–water partition coefficient (Wildman–Crippen LogP) is 2.17. The van der Waals surface area contributed by atoms with Crippen LogP contribution in [0, 0.1) is 5.92 Å². The Morgan fingerprint density at radius 3 is 2.19 bits per heavy atom. The number of imide groups is 1. The molecule has 2 heterocycles. The van der Waals surface area contributed by atoms with E-state index >= 15 is 0 Å². The number of esters is 1. The van der Waals surface area contributed by atoms with Crippen LogP contribution in [0.2, 0.25) is 0 Å². The minimum atomic E-state index is -1.75. The van der Waals surface area contributed by atoms with Gasteiger partial charge in [-0.25, -0.2) is 0 Å². The second-order valence-corrected chi connectivity index (χ2v) is 9.12. The van der Waals surface area contributed by atoms with Gasteiger partial charge in [0.25, 0.3) is 11.8 Å². The number of amides is 3. The number of nitrogens with zero attached hydrogens (tertiary/aromatic N) is 1. The highest BCUT2D eigenvalue weighted by Gasteiger charge is 2.68. The molecule has 3 amide bonds. The number of hydrogen-bond acceptors (Lipinski definition) is 6. The highest BCUT2D eigenvalue weighted by Crippen LogP contribution is 2.49. The van der Waals surface area contributed by atoms with Crippen molar-refractivity contribution in [3.8, 4) is 0 Å². The van der Waals surface area contributed by atoms with Crippen molar-refractivity contribution < 1.29 is 23.9 Å². The van der Waals surface area contributed by atoms with Crippen LogP contribution in [0.5, 0.6) is 0 Å². The SMILES string of the molecule is COC(=O)C(C(C)(C)SCl)C1(Cl)NC(=O)C1N1C(=O)c2ccccc2C1=O. The molecule has 0 bridgehead atoms. The Morgan fingerprint density at radius 1 is 1.26 bits per heavy atom. The molecule has 3 rings (SSSR count). The smallest absolute Gasteiger partial charge is 0.313 e. The zero-order valence-electron chi connectivity index (χ0n) is 14.6. The first kappa shape index (κ1) is 20.0. The molecule has 10 heteroatoms. The van der Waals surface area contributed by atoms with E-state index in [4.69, 9.17) is 27.0 Å². The lowest BCUT2D eigenvalue weighted by atomic mass is 9.77. The van der Waals surface area contributed by atoms with E-state index in [1.165, 1.54) is 19.2 Å². The fourth-order valence-electron chi connectivity index (χ4n) is 3.54. The van der Waals surface area contributed by atoms with Crippen molar-refractivity contribution >= 4 is 56.9 Å². The quantitative estimate of drug-likeness (QED) is 0.253. The summed E-state index contributed by atoms with van der Waals surface area (Å²) in [5, 5.41) is 2.48. The van der Waals surface area contributed by atoms with E-state index in [1.54, 1.807) is 26.0 Å². The largest absolute Gasteiger partial charge is 0.469 e. The van der Waals surface area contributed by atoms with Gasteiger partial charge in [0.2, 0.25) is 5.91 Å². The molecule has 0 spiro atoms. The van der Waals surface area contributed by atoms with Crippen LogP contribution in [0.15, 0.2) is 24.3 Å². The average molecular weight is 431 g/mol. The molecule has 0 aliphatic carbocycles. The van der Waals surface area contributed by atoms with E-state index in [-0.39, 0.29) is 11.1 Å². The number of halogens is 2. The first-order valence-corrected chi connectivity index (χ1v) is 9.97. The van der Waals surface area contributed by atoms with Gasteiger partial charge in [-0.3, -0.25) is 24.1 Å². The molecular weight excluding hydrogens is 415 g/mol. The number of fused-ring (bicyclic) bond motifs is 1. The summed E-state index contributed by atoms with van der Waals surface area (Å²) in [6.45, 7) is 3.31. The van der Waals surface area contributed by atoms with Gasteiger partial charge in [-0.15, -0.1) is 0 Å². The van der Waals surface area contributed by atoms with Crippen molar-refractivity contribution in [2.75, 3.05) is 7.11 Å². The van der Waals surface area contributed by atoms with Gasteiger partial charge in [0.15, 0.2) is 11.0 Å². The molecule has 3 unspecified atom stereocenters. The van der Waals surface area contributed by atoms with Crippen molar-refractivity contribution in [1.29, 1.82) is 0 Å². The molecule has 0 saturated carbocycles. The number of alkyl halides is 1. The summed E-state index contributed by atoms with van der Waals surface area (Å²) >= 11 is 6.67. The van der Waals surface area contributed by atoms with E-state index in [0.29, 0.717) is 0 Å². The molecular formula is C17H16Cl2N2O5S. The Bertz CT molecular complexity index is 826. The second kappa shape index (κ2) is 6.68. The summed E-state index contributed by atoms with van der Waals surface area (Å²) in [5.74, 6) is -3.76. The van der Waals surface area contributed by atoms with Gasteiger partial charge in [-0.2, -0.15) is 0 Å². The van der Waals surface area contributed by atoms with Crippen molar-refractivity contribution in [2.45, 2.75) is 29.6 Å². The number of carbonyl (C=O) groups is 4. The summed E-state index contributed by atoms with van der Waals surface area (Å²) in [6, 6.07) is 4.86. The molecule has 1 saturated heterocycles. The minimum absolute atomic E-state index is 0.182. The van der Waals surface area contributed by atoms with Gasteiger partial charge in [-0.05, 0) is 47.6 Å². The number of nitrogens with one attached hydrogen (secondary N) is 1. The Kier molecular flexibility index (Phi) is 4.95. The van der Waals surface area contributed by atoms with Crippen LogP contribution < -0.4 is 5.32 Å². The number of carbonyl (C=O) groups excluding carboxylic acids is 4. The number of β-lactam (4-membered cyclic amide) rings is 1. The predicted molar refractivity (Wildman–Crippen MR) is 100 cm³/mol. The van der Waals surface area contributed by atoms with Crippen LogP contribution >= 0.6 is 33.3 Å². The lowest BCUT2D eigenvalue weighted by Gasteiger charge is -2.53. The van der Waals surface area contributed by atoms with E-state index < -0.39 is 45.4 Å². The van der Waals surface area contributed by atoms with E-state index in [2.05, 4.69) is 5.32 Å². The highest BCUT2D eigenvalue weighted by atomic mass is 35.7. The summed E-state index contributed by atoms with van der Waals surface area (Å²) in [4.78, 5) is 49.5. The summed E-state index contributed by atoms with van der Waals surface area (Å²) in [5.41, 5.74) is 0.364. The third-order valence-electron chi connectivity index (χ3n) is 4.80. The topological polar surface area (TPSA) is 92.8 Å². The van der Waals surface area contributed by atoms with Gasteiger partial charge in [-0.1, -0.05) is 23.7 Å². The van der Waals surface area contributed by atoms with E-state index in [1.807, 2.05) is 0 Å². The highest BCUT2D eigenvalue weighted by molar-refractivity contribution is 8.22. The zero-order valence-corrected chi connectivity index (χ0v) is 16.9. The minimum Gasteiger partial charge on any atom is -0.469 e. The lowest BCUT2D eigenvalue weighted by molar-refractivity contribution is -0.155. The normalized spacial score (nSPS) is 25.6. The van der Waals surface area contributed by atoms with Crippen LogP contribution in [-0.4, -0.2) is 51.5 Å². The molecule has 2 aliphatic heterocycles. The number of rotatable bonds is 5. The van der Waals surface area contributed by atoms with E-state index in [0.717, 1.165) is 15.9 Å². The maximum absolute atomic E-state index is 12.8. The molecule has 1 fully saturated rings. The van der Waals surface area contributed by atoms with Crippen LogP contribution in [0.1, 0.15) is 34.6 Å². The standard InChI is InChI=1S/C17H16Cl2N2O5S/c1-16(2,27-19)10(15(25)26-3)17(18)11(12(22)20-17)21-13(23)8-6-4-5-7-9(8)14(21)24/h4-7,10-11H,1-3H3,(H,20,22). The molecule has 1 N–H and O–H groups in total. The third-order valence-corrected chi connectivity index (χ3v) is 7.14. The van der Waals surface area contributed by atoms with Gasteiger partial charge < -0.3 is 10.1 Å². The molecule has 2 aliphatic rings. The molecule has 7 nitrogen and oxygen atoms in total. The number of hydrogen-bond donors (Lipinski definition) is 1. The van der Waals surface area contributed by atoms with E-state index in [9.17, 15) is 19.2 Å². The molecule has 144 valence electrons. The van der Waals surface area contributed by atoms with Gasteiger partial charge in [0.05, 0.1) is 18.2 Å². The van der Waals surface area contributed by atoms with Crippen molar-refractivity contribution in [3.63, 3.8) is 0 Å². The first-order chi connectivity index (χ1) is 12.6. The van der Waals surface area contributed by atoms with Gasteiger partial charge in [0.1, 0.15) is 5.92 Å². The lowest BCUT2D eigenvalue weighted by Crippen LogP contribution is -2.81. The maximum Gasteiger partial charge on any atom is 0.313 e. The Hall–Kier alpha value is -1.77.